The minimum absolute atomic E-state index is 0.0126. The Hall–Kier alpha value is -1.88. The van der Waals surface area contributed by atoms with Crippen molar-refractivity contribution in [3.05, 3.63) is 65.2 Å². The van der Waals surface area contributed by atoms with Crippen molar-refractivity contribution in [3.63, 3.8) is 0 Å². The molecule has 1 aliphatic rings. The van der Waals surface area contributed by atoms with Gasteiger partial charge in [0.25, 0.3) is 5.91 Å². The molecule has 0 saturated carbocycles. The molecular weight excluding hydrogens is 287 g/mol. The third-order valence-electron chi connectivity index (χ3n) is 3.47. The van der Waals surface area contributed by atoms with Gasteiger partial charge >= 0.3 is 0 Å². The topological polar surface area (TPSA) is 33.2 Å². The molecule has 1 aliphatic heterocycles. The molecule has 1 aromatic heterocycles. The fourth-order valence-electron chi connectivity index (χ4n) is 2.38. The zero-order chi connectivity index (χ0) is 14.8. The van der Waals surface area contributed by atoms with Crippen LogP contribution in [0.1, 0.15) is 26.9 Å². The largest absolute Gasteiger partial charge is 0.322 e. The van der Waals surface area contributed by atoms with Crippen molar-refractivity contribution >= 4 is 17.7 Å². The Morgan fingerprint density at radius 3 is 2.81 bits per heavy atom. The van der Waals surface area contributed by atoms with E-state index in [0.717, 1.165) is 17.5 Å². The lowest BCUT2D eigenvalue weighted by Crippen LogP contribution is -2.30. The maximum Gasteiger partial charge on any atom is 0.256 e. The molecule has 1 atom stereocenters. The van der Waals surface area contributed by atoms with Gasteiger partial charge in [-0.05, 0) is 18.6 Å². The first-order valence-corrected chi connectivity index (χ1v) is 7.80. The van der Waals surface area contributed by atoms with E-state index in [0.29, 0.717) is 12.1 Å². The minimum atomic E-state index is -0.486. The van der Waals surface area contributed by atoms with E-state index >= 15 is 0 Å². The highest BCUT2D eigenvalue weighted by Crippen LogP contribution is 2.38. The van der Waals surface area contributed by atoms with Gasteiger partial charge in [-0.3, -0.25) is 9.78 Å². The first kappa shape index (κ1) is 14.1. The summed E-state index contributed by atoms with van der Waals surface area (Å²) in [7, 11) is 0. The van der Waals surface area contributed by atoms with Crippen molar-refractivity contribution in [2.75, 3.05) is 12.3 Å². The third-order valence-corrected chi connectivity index (χ3v) is 4.73. The van der Waals surface area contributed by atoms with E-state index < -0.39 is 5.82 Å². The molecule has 108 valence electrons. The number of aromatic nitrogens is 1. The maximum absolute atomic E-state index is 13.2. The number of rotatable bonds is 2. The molecule has 0 radical (unpaired) electrons. The van der Waals surface area contributed by atoms with E-state index in [4.69, 9.17) is 0 Å². The second-order valence-corrected chi connectivity index (χ2v) is 6.21. The predicted octanol–water partition coefficient (Wildman–Crippen LogP) is 3.42. The normalized spacial score (nSPS) is 18.0. The summed E-state index contributed by atoms with van der Waals surface area (Å²) in [6, 6.07) is 9.41. The zero-order valence-corrected chi connectivity index (χ0v) is 12.4. The monoisotopic (exact) mass is 302 g/mol. The summed E-state index contributed by atoms with van der Waals surface area (Å²) in [6.07, 6.45) is 2.52. The van der Waals surface area contributed by atoms with E-state index in [1.54, 1.807) is 16.7 Å². The number of benzene rings is 1. The van der Waals surface area contributed by atoms with Gasteiger partial charge in [0.1, 0.15) is 11.2 Å². The molecule has 1 fully saturated rings. The van der Waals surface area contributed by atoms with Gasteiger partial charge < -0.3 is 4.90 Å². The highest BCUT2D eigenvalue weighted by atomic mass is 32.2. The second kappa shape index (κ2) is 5.85. The second-order valence-electron chi connectivity index (χ2n) is 5.02. The van der Waals surface area contributed by atoms with Crippen LogP contribution in [0.5, 0.6) is 0 Å². The van der Waals surface area contributed by atoms with Crippen LogP contribution in [-0.2, 0) is 0 Å². The minimum Gasteiger partial charge on any atom is -0.322 e. The van der Waals surface area contributed by atoms with Crippen LogP contribution in [0, 0.1) is 12.7 Å². The van der Waals surface area contributed by atoms with Crippen molar-refractivity contribution in [1.82, 2.24) is 9.88 Å². The third kappa shape index (κ3) is 2.93. The van der Waals surface area contributed by atoms with Crippen LogP contribution in [0.2, 0.25) is 0 Å². The molecule has 0 bridgehead atoms. The molecular formula is C16H15FN2OS. The Morgan fingerprint density at radius 1 is 1.33 bits per heavy atom. The van der Waals surface area contributed by atoms with Crippen molar-refractivity contribution in [2.24, 2.45) is 0 Å². The quantitative estimate of drug-likeness (QED) is 0.852. The molecule has 0 aliphatic carbocycles. The van der Waals surface area contributed by atoms with Gasteiger partial charge in [-0.2, -0.15) is 0 Å². The summed E-state index contributed by atoms with van der Waals surface area (Å²) in [6.45, 7) is 2.70. The van der Waals surface area contributed by atoms with E-state index in [-0.39, 0.29) is 11.3 Å². The van der Waals surface area contributed by atoms with Gasteiger partial charge in [0, 0.05) is 18.5 Å². The first-order valence-electron chi connectivity index (χ1n) is 6.75. The average molecular weight is 302 g/mol. The van der Waals surface area contributed by atoms with E-state index in [1.165, 1.54) is 17.8 Å². The number of pyridine rings is 1. The van der Waals surface area contributed by atoms with Crippen LogP contribution in [0.25, 0.3) is 0 Å². The molecule has 21 heavy (non-hydrogen) atoms. The van der Waals surface area contributed by atoms with Crippen molar-refractivity contribution < 1.29 is 9.18 Å². The number of carbonyl (C=O) groups excluding carboxylic acids is 1. The molecule has 0 spiro atoms. The Balaban J connectivity index is 1.87. The van der Waals surface area contributed by atoms with E-state index in [9.17, 15) is 9.18 Å². The number of carbonyl (C=O) groups is 1. The fourth-order valence-corrected chi connectivity index (χ4v) is 3.64. The summed E-state index contributed by atoms with van der Waals surface area (Å²) in [5, 5.41) is -0.0126. The molecule has 5 heteroatoms. The Morgan fingerprint density at radius 2 is 2.10 bits per heavy atom. The molecule has 3 nitrogen and oxygen atoms in total. The molecule has 2 aromatic rings. The lowest BCUT2D eigenvalue weighted by atomic mass is 10.1. The standard InChI is InChI=1S/C16H15FN2OS/c1-11-2-4-12(5-3-11)16-19(6-7-21-16)15(20)13-8-14(17)10-18-9-13/h2-5,8-10,16H,6-7H2,1H3. The predicted molar refractivity (Wildman–Crippen MR) is 81.6 cm³/mol. The molecule has 0 N–H and O–H groups in total. The molecule has 2 heterocycles. The molecule has 1 saturated heterocycles. The van der Waals surface area contributed by atoms with Gasteiger partial charge in [0.2, 0.25) is 0 Å². The summed E-state index contributed by atoms with van der Waals surface area (Å²) in [4.78, 5) is 18.1. The lowest BCUT2D eigenvalue weighted by molar-refractivity contribution is 0.0759. The van der Waals surface area contributed by atoms with Crippen LogP contribution in [0.15, 0.2) is 42.7 Å². The highest BCUT2D eigenvalue weighted by molar-refractivity contribution is 7.99. The Kier molecular flexibility index (Phi) is 3.92. The van der Waals surface area contributed by atoms with E-state index in [1.807, 2.05) is 31.2 Å². The van der Waals surface area contributed by atoms with Crippen LogP contribution in [0.3, 0.4) is 0 Å². The fraction of sp³-hybridized carbons (Fsp3) is 0.250. The summed E-state index contributed by atoms with van der Waals surface area (Å²) < 4.78 is 13.2. The number of nitrogens with zero attached hydrogens (tertiary/aromatic N) is 2. The number of hydrogen-bond acceptors (Lipinski definition) is 3. The van der Waals surface area contributed by atoms with Crippen LogP contribution < -0.4 is 0 Å². The van der Waals surface area contributed by atoms with Crippen LogP contribution >= 0.6 is 11.8 Å². The molecule has 1 aromatic carbocycles. The van der Waals surface area contributed by atoms with Crippen LogP contribution in [-0.4, -0.2) is 28.1 Å². The smallest absolute Gasteiger partial charge is 0.256 e. The number of aryl methyl sites for hydroxylation is 1. The number of hydrogen-bond donors (Lipinski definition) is 0. The SMILES string of the molecule is Cc1ccc(C2SCCN2C(=O)c2cncc(F)c2)cc1. The Bertz CT molecular complexity index is 660. The van der Waals surface area contributed by atoms with Gasteiger partial charge in [-0.25, -0.2) is 4.39 Å². The molecule has 3 rings (SSSR count). The summed E-state index contributed by atoms with van der Waals surface area (Å²) in [5.74, 6) is 0.227. The summed E-state index contributed by atoms with van der Waals surface area (Å²) in [5.41, 5.74) is 2.59. The molecule has 1 amide bonds. The van der Waals surface area contributed by atoms with Crippen molar-refractivity contribution in [3.8, 4) is 0 Å². The lowest BCUT2D eigenvalue weighted by Gasteiger charge is -2.24. The van der Waals surface area contributed by atoms with E-state index in [2.05, 4.69) is 4.98 Å². The zero-order valence-electron chi connectivity index (χ0n) is 11.6. The summed E-state index contributed by atoms with van der Waals surface area (Å²) >= 11 is 1.73. The van der Waals surface area contributed by atoms with Gasteiger partial charge in [-0.15, -0.1) is 11.8 Å². The maximum atomic E-state index is 13.2. The van der Waals surface area contributed by atoms with Gasteiger partial charge in [0.15, 0.2) is 0 Å². The van der Waals surface area contributed by atoms with Gasteiger partial charge in [0.05, 0.1) is 11.8 Å². The van der Waals surface area contributed by atoms with Gasteiger partial charge in [-0.1, -0.05) is 29.8 Å². The van der Waals surface area contributed by atoms with Crippen LogP contribution in [0.4, 0.5) is 4.39 Å². The highest BCUT2D eigenvalue weighted by Gasteiger charge is 2.31. The Labute approximate surface area is 127 Å². The first-order chi connectivity index (χ1) is 10.1. The number of halogens is 1. The average Bonchev–Trinajstić information content (AvgIpc) is 2.96. The molecule has 1 unspecified atom stereocenters. The van der Waals surface area contributed by atoms with Crippen molar-refractivity contribution in [2.45, 2.75) is 12.3 Å². The number of amides is 1. The van der Waals surface area contributed by atoms with Crippen molar-refractivity contribution in [1.29, 1.82) is 0 Å². The number of thioether (sulfide) groups is 1.